The van der Waals surface area contributed by atoms with Crippen LogP contribution in [0.4, 0.5) is 0 Å². The van der Waals surface area contributed by atoms with E-state index in [1.165, 1.54) is 6.92 Å². The lowest BCUT2D eigenvalue weighted by Crippen LogP contribution is -2.06. The summed E-state index contributed by atoms with van der Waals surface area (Å²) in [5, 5.41) is 0. The second kappa shape index (κ2) is 3.54. The molecule has 0 aliphatic carbocycles. The van der Waals surface area contributed by atoms with Crippen molar-refractivity contribution in [1.82, 2.24) is 0 Å². The average molecular weight is 190 g/mol. The molecule has 0 bridgehead atoms. The number of allylic oxidation sites excluding steroid dienone is 1. The van der Waals surface area contributed by atoms with Crippen LogP contribution in [0.5, 0.6) is 11.5 Å². The molecule has 1 aliphatic heterocycles. The highest BCUT2D eigenvalue weighted by molar-refractivity contribution is 5.70. The molecule has 1 aliphatic rings. The number of fused-ring (bicyclic) bond motifs is 1. The van der Waals surface area contributed by atoms with Crippen LogP contribution < -0.4 is 9.47 Å². The summed E-state index contributed by atoms with van der Waals surface area (Å²) >= 11 is 0. The monoisotopic (exact) mass is 190 g/mol. The molecule has 0 aromatic heterocycles. The first-order chi connectivity index (χ1) is 6.77. The fraction of sp³-hybridized carbons (Fsp3) is 0.182. The van der Waals surface area contributed by atoms with Crippen molar-refractivity contribution in [3.8, 4) is 11.5 Å². The van der Waals surface area contributed by atoms with E-state index in [9.17, 15) is 4.79 Å². The Kier molecular flexibility index (Phi) is 2.23. The van der Waals surface area contributed by atoms with Crippen molar-refractivity contribution in [3.63, 3.8) is 0 Å². The summed E-state index contributed by atoms with van der Waals surface area (Å²) in [6.07, 6.45) is 4.26. The Morgan fingerprint density at radius 1 is 1.50 bits per heavy atom. The Balaban J connectivity index is 2.37. The summed E-state index contributed by atoms with van der Waals surface area (Å²) in [6, 6.07) is 5.42. The number of hydrogen-bond donors (Lipinski definition) is 0. The zero-order valence-electron chi connectivity index (χ0n) is 7.82. The minimum atomic E-state index is -0.312. The Labute approximate surface area is 81.9 Å². The second-order valence-corrected chi connectivity index (χ2v) is 3.02. The number of esters is 1. The van der Waals surface area contributed by atoms with Crippen LogP contribution in [0, 0.1) is 0 Å². The Hall–Kier alpha value is -1.77. The molecule has 0 amide bonds. The van der Waals surface area contributed by atoms with Gasteiger partial charge in [0.25, 0.3) is 0 Å². The molecule has 2 rings (SSSR count). The van der Waals surface area contributed by atoms with E-state index in [4.69, 9.17) is 9.47 Å². The van der Waals surface area contributed by atoms with Gasteiger partial charge < -0.3 is 9.47 Å². The molecule has 0 atom stereocenters. The van der Waals surface area contributed by atoms with Crippen molar-refractivity contribution in [2.45, 2.75) is 13.3 Å². The van der Waals surface area contributed by atoms with Gasteiger partial charge in [-0.15, -0.1) is 0 Å². The number of rotatable bonds is 1. The molecule has 1 aromatic rings. The number of hydrogen-bond acceptors (Lipinski definition) is 3. The van der Waals surface area contributed by atoms with Gasteiger partial charge in [-0.05, 0) is 18.2 Å². The molecule has 1 heterocycles. The van der Waals surface area contributed by atoms with Crippen LogP contribution in [0.3, 0.4) is 0 Å². The van der Waals surface area contributed by atoms with Gasteiger partial charge in [0, 0.05) is 18.9 Å². The van der Waals surface area contributed by atoms with E-state index < -0.39 is 0 Å². The van der Waals surface area contributed by atoms with Crippen molar-refractivity contribution < 1.29 is 14.3 Å². The average Bonchev–Trinajstić information content (AvgIpc) is 2.18. The van der Waals surface area contributed by atoms with Crippen LogP contribution in [0.25, 0.3) is 0 Å². The highest BCUT2D eigenvalue weighted by Crippen LogP contribution is 2.31. The fourth-order valence-corrected chi connectivity index (χ4v) is 1.39. The van der Waals surface area contributed by atoms with Gasteiger partial charge in [0.2, 0.25) is 0 Å². The fourth-order valence-electron chi connectivity index (χ4n) is 1.39. The largest absolute Gasteiger partial charge is 0.465 e. The maximum atomic E-state index is 10.8. The third kappa shape index (κ3) is 1.62. The SMILES string of the molecule is CC(=O)Oc1cccc2c1CC=CO2. The van der Waals surface area contributed by atoms with E-state index in [2.05, 4.69) is 0 Å². The Morgan fingerprint density at radius 3 is 3.14 bits per heavy atom. The van der Waals surface area contributed by atoms with Crippen molar-refractivity contribution in [1.29, 1.82) is 0 Å². The van der Waals surface area contributed by atoms with E-state index in [1.807, 2.05) is 12.1 Å². The summed E-state index contributed by atoms with van der Waals surface area (Å²) in [5.74, 6) is 1.03. The van der Waals surface area contributed by atoms with E-state index in [1.54, 1.807) is 18.4 Å². The Bertz CT molecular complexity index is 394. The molecule has 3 heteroatoms. The molecule has 3 nitrogen and oxygen atoms in total. The minimum absolute atomic E-state index is 0.312. The Morgan fingerprint density at radius 2 is 2.36 bits per heavy atom. The van der Waals surface area contributed by atoms with Gasteiger partial charge in [-0.2, -0.15) is 0 Å². The first-order valence-electron chi connectivity index (χ1n) is 4.39. The molecule has 0 saturated heterocycles. The molecule has 72 valence electrons. The third-order valence-corrected chi connectivity index (χ3v) is 1.96. The lowest BCUT2D eigenvalue weighted by atomic mass is 10.1. The molecule has 0 N–H and O–H groups in total. The van der Waals surface area contributed by atoms with Gasteiger partial charge in [-0.25, -0.2) is 0 Å². The highest BCUT2D eigenvalue weighted by atomic mass is 16.5. The van der Waals surface area contributed by atoms with Crippen LogP contribution in [-0.4, -0.2) is 5.97 Å². The maximum Gasteiger partial charge on any atom is 0.308 e. The van der Waals surface area contributed by atoms with E-state index in [0.29, 0.717) is 5.75 Å². The molecular formula is C11H10O3. The molecule has 1 aromatic carbocycles. The zero-order chi connectivity index (χ0) is 9.97. The molecule has 0 radical (unpaired) electrons. The quantitative estimate of drug-likeness (QED) is 0.502. The van der Waals surface area contributed by atoms with Gasteiger partial charge in [-0.3, -0.25) is 4.79 Å². The predicted octanol–water partition coefficient (Wildman–Crippen LogP) is 2.06. The summed E-state index contributed by atoms with van der Waals surface area (Å²) < 4.78 is 10.3. The molecule has 0 spiro atoms. The first-order valence-corrected chi connectivity index (χ1v) is 4.39. The van der Waals surface area contributed by atoms with Crippen LogP contribution in [0.15, 0.2) is 30.5 Å². The smallest absolute Gasteiger partial charge is 0.308 e. The van der Waals surface area contributed by atoms with Gasteiger partial charge in [0.05, 0.1) is 6.26 Å². The number of carbonyl (C=O) groups is 1. The molecule has 14 heavy (non-hydrogen) atoms. The van der Waals surface area contributed by atoms with Crippen molar-refractivity contribution in [2.24, 2.45) is 0 Å². The van der Waals surface area contributed by atoms with E-state index in [-0.39, 0.29) is 5.97 Å². The summed E-state index contributed by atoms with van der Waals surface area (Å²) in [6.45, 7) is 1.39. The number of benzene rings is 1. The predicted molar refractivity (Wildman–Crippen MR) is 51.2 cm³/mol. The van der Waals surface area contributed by atoms with Gasteiger partial charge in [-0.1, -0.05) is 6.07 Å². The summed E-state index contributed by atoms with van der Waals surface area (Å²) in [7, 11) is 0. The normalized spacial score (nSPS) is 12.9. The standard InChI is InChI=1S/C11H10O3/c1-8(12)14-11-6-2-5-10-9(11)4-3-7-13-10/h2-3,5-7H,4H2,1H3. The lowest BCUT2D eigenvalue weighted by Gasteiger charge is -2.14. The van der Waals surface area contributed by atoms with Gasteiger partial charge in [0.1, 0.15) is 11.5 Å². The second-order valence-electron chi connectivity index (χ2n) is 3.02. The van der Waals surface area contributed by atoms with E-state index >= 15 is 0 Å². The summed E-state index contributed by atoms with van der Waals surface area (Å²) in [5.41, 5.74) is 0.921. The molecular weight excluding hydrogens is 180 g/mol. The van der Waals surface area contributed by atoms with Crippen molar-refractivity contribution in [3.05, 3.63) is 36.1 Å². The van der Waals surface area contributed by atoms with Crippen LogP contribution in [-0.2, 0) is 11.2 Å². The number of ether oxygens (including phenoxy) is 2. The topological polar surface area (TPSA) is 35.5 Å². The number of carbonyl (C=O) groups excluding carboxylic acids is 1. The third-order valence-electron chi connectivity index (χ3n) is 1.96. The van der Waals surface area contributed by atoms with Gasteiger partial charge >= 0.3 is 5.97 Å². The summed E-state index contributed by atoms with van der Waals surface area (Å²) in [4.78, 5) is 10.8. The van der Waals surface area contributed by atoms with Crippen LogP contribution in [0.2, 0.25) is 0 Å². The molecule has 0 saturated carbocycles. The van der Waals surface area contributed by atoms with Crippen LogP contribution in [0.1, 0.15) is 12.5 Å². The van der Waals surface area contributed by atoms with Crippen molar-refractivity contribution >= 4 is 5.97 Å². The maximum absolute atomic E-state index is 10.8. The molecule has 0 unspecified atom stereocenters. The molecule has 0 fully saturated rings. The highest BCUT2D eigenvalue weighted by Gasteiger charge is 2.13. The minimum Gasteiger partial charge on any atom is -0.465 e. The van der Waals surface area contributed by atoms with Gasteiger partial charge in [0.15, 0.2) is 0 Å². The van der Waals surface area contributed by atoms with Crippen molar-refractivity contribution in [2.75, 3.05) is 0 Å². The zero-order valence-corrected chi connectivity index (χ0v) is 7.82. The lowest BCUT2D eigenvalue weighted by molar-refractivity contribution is -0.131. The first kappa shape index (κ1) is 8.81. The van der Waals surface area contributed by atoms with E-state index in [0.717, 1.165) is 17.7 Å². The van der Waals surface area contributed by atoms with Crippen LogP contribution >= 0.6 is 0 Å².